The molecular formula is C25H19ClN4O2. The summed E-state index contributed by atoms with van der Waals surface area (Å²) in [7, 11) is 0. The van der Waals surface area contributed by atoms with Crippen molar-refractivity contribution in [2.45, 2.75) is 13.5 Å². The van der Waals surface area contributed by atoms with Gasteiger partial charge in [0.05, 0.1) is 5.39 Å². The van der Waals surface area contributed by atoms with Crippen LogP contribution in [0.5, 0.6) is 0 Å². The van der Waals surface area contributed by atoms with Gasteiger partial charge < -0.3 is 9.88 Å². The Bertz CT molecular complexity index is 1520. The maximum absolute atomic E-state index is 13.2. The smallest absolute Gasteiger partial charge is 0.272 e. The van der Waals surface area contributed by atoms with Crippen LogP contribution in [0.15, 0.2) is 83.8 Å². The van der Waals surface area contributed by atoms with E-state index in [1.807, 2.05) is 49.4 Å². The molecule has 0 aliphatic carbocycles. The summed E-state index contributed by atoms with van der Waals surface area (Å²) in [6.45, 7) is 2.31. The van der Waals surface area contributed by atoms with E-state index in [2.05, 4.69) is 5.32 Å². The number of amides is 1. The zero-order valence-electron chi connectivity index (χ0n) is 17.2. The summed E-state index contributed by atoms with van der Waals surface area (Å²) in [6, 6.07) is 22.0. The second-order valence-electron chi connectivity index (χ2n) is 7.60. The van der Waals surface area contributed by atoms with Gasteiger partial charge in [-0.05, 0) is 54.4 Å². The molecule has 5 aromatic rings. The summed E-state index contributed by atoms with van der Waals surface area (Å²) in [4.78, 5) is 31.3. The third-order valence-corrected chi connectivity index (χ3v) is 5.66. The number of carbonyl (C=O) groups is 1. The van der Waals surface area contributed by atoms with E-state index in [1.54, 1.807) is 41.1 Å². The Labute approximate surface area is 188 Å². The van der Waals surface area contributed by atoms with Crippen molar-refractivity contribution in [3.05, 3.63) is 111 Å². The van der Waals surface area contributed by atoms with Gasteiger partial charge in [0.2, 0.25) is 0 Å². The average Bonchev–Trinajstić information content (AvgIpc) is 3.16. The van der Waals surface area contributed by atoms with E-state index in [0.29, 0.717) is 39.6 Å². The number of fused-ring (bicyclic) bond motifs is 2. The second kappa shape index (κ2) is 7.98. The molecule has 1 N–H and O–H groups in total. The third-order valence-electron chi connectivity index (χ3n) is 5.41. The van der Waals surface area contributed by atoms with Crippen molar-refractivity contribution in [3.63, 3.8) is 0 Å². The van der Waals surface area contributed by atoms with Crippen molar-refractivity contribution < 1.29 is 4.79 Å². The van der Waals surface area contributed by atoms with Crippen LogP contribution in [0.1, 0.15) is 21.6 Å². The van der Waals surface area contributed by atoms with Crippen LogP contribution in [0, 0.1) is 6.92 Å². The Morgan fingerprint density at radius 1 is 1.00 bits per heavy atom. The minimum absolute atomic E-state index is 0.207. The lowest BCUT2D eigenvalue weighted by molar-refractivity contribution is 0.101. The van der Waals surface area contributed by atoms with Crippen LogP contribution in [-0.4, -0.2) is 19.9 Å². The van der Waals surface area contributed by atoms with Crippen molar-refractivity contribution in [3.8, 4) is 0 Å². The number of hydrogen-bond donors (Lipinski definition) is 1. The van der Waals surface area contributed by atoms with Crippen LogP contribution < -0.4 is 10.9 Å². The molecule has 3 heterocycles. The fourth-order valence-electron chi connectivity index (χ4n) is 3.80. The molecule has 0 unspecified atom stereocenters. The molecule has 1 amide bonds. The van der Waals surface area contributed by atoms with Gasteiger partial charge in [0.25, 0.3) is 11.5 Å². The number of rotatable bonds is 4. The first-order valence-corrected chi connectivity index (χ1v) is 10.5. The highest BCUT2D eigenvalue weighted by Gasteiger charge is 2.20. The van der Waals surface area contributed by atoms with E-state index in [-0.39, 0.29) is 11.5 Å². The summed E-state index contributed by atoms with van der Waals surface area (Å²) in [6.07, 6.45) is 1.69. The van der Waals surface area contributed by atoms with Crippen molar-refractivity contribution in [1.29, 1.82) is 0 Å². The standard InChI is InChI=1S/C25H19ClN4O2/c1-16-6-5-13-29-22(16)28-23-20(25(29)32)14-21(30(23)15-17-7-3-2-4-8-17)24(31)27-19-11-9-18(26)10-12-19/h2-14H,15H2,1H3,(H,27,31). The lowest BCUT2D eigenvalue weighted by atomic mass is 10.2. The summed E-state index contributed by atoms with van der Waals surface area (Å²) >= 11 is 5.95. The molecule has 7 heteroatoms. The van der Waals surface area contributed by atoms with Gasteiger partial charge in [-0.3, -0.25) is 14.0 Å². The fourth-order valence-corrected chi connectivity index (χ4v) is 3.93. The van der Waals surface area contributed by atoms with E-state index >= 15 is 0 Å². The van der Waals surface area contributed by atoms with Gasteiger partial charge in [-0.1, -0.05) is 48.0 Å². The number of benzene rings is 2. The number of halogens is 1. The third kappa shape index (κ3) is 3.55. The van der Waals surface area contributed by atoms with Crippen LogP contribution in [-0.2, 0) is 6.54 Å². The van der Waals surface area contributed by atoms with Gasteiger partial charge in [0.1, 0.15) is 17.0 Å². The number of pyridine rings is 1. The predicted octanol–water partition coefficient (Wildman–Crippen LogP) is 4.91. The molecular weight excluding hydrogens is 424 g/mol. The first kappa shape index (κ1) is 20.0. The first-order chi connectivity index (χ1) is 15.5. The zero-order chi connectivity index (χ0) is 22.2. The number of aromatic nitrogens is 3. The normalized spacial score (nSPS) is 11.2. The van der Waals surface area contributed by atoms with E-state index in [9.17, 15) is 9.59 Å². The van der Waals surface area contributed by atoms with Crippen molar-refractivity contribution in [2.75, 3.05) is 5.32 Å². The molecule has 32 heavy (non-hydrogen) atoms. The quantitative estimate of drug-likeness (QED) is 0.430. The summed E-state index contributed by atoms with van der Waals surface area (Å²) in [5.41, 5.74) is 3.69. The van der Waals surface area contributed by atoms with Crippen LogP contribution in [0.4, 0.5) is 5.69 Å². The van der Waals surface area contributed by atoms with Crippen molar-refractivity contribution >= 4 is 39.9 Å². The molecule has 0 fully saturated rings. The van der Waals surface area contributed by atoms with Crippen molar-refractivity contribution in [2.24, 2.45) is 0 Å². The Morgan fingerprint density at radius 2 is 1.75 bits per heavy atom. The van der Waals surface area contributed by atoms with Crippen molar-refractivity contribution in [1.82, 2.24) is 14.0 Å². The topological polar surface area (TPSA) is 68.4 Å². The molecule has 158 valence electrons. The SMILES string of the molecule is Cc1cccn2c(=O)c3cc(C(=O)Nc4ccc(Cl)cc4)n(Cc4ccccc4)c3nc12. The number of carbonyl (C=O) groups excluding carboxylic acids is 1. The van der Waals surface area contributed by atoms with Crippen LogP contribution in [0.3, 0.4) is 0 Å². The van der Waals surface area contributed by atoms with Gasteiger partial charge in [0, 0.05) is 23.5 Å². The molecule has 0 aliphatic heterocycles. The van der Waals surface area contributed by atoms with Gasteiger partial charge in [-0.25, -0.2) is 4.98 Å². The molecule has 0 spiro atoms. The van der Waals surface area contributed by atoms with Gasteiger partial charge in [-0.2, -0.15) is 0 Å². The maximum Gasteiger partial charge on any atom is 0.272 e. The number of anilines is 1. The van der Waals surface area contributed by atoms with Crippen LogP contribution in [0.2, 0.25) is 5.02 Å². The Balaban J connectivity index is 1.70. The molecule has 0 aliphatic rings. The molecule has 0 bridgehead atoms. The molecule has 0 saturated heterocycles. The molecule has 0 saturated carbocycles. The first-order valence-electron chi connectivity index (χ1n) is 10.1. The highest BCUT2D eigenvalue weighted by Crippen LogP contribution is 2.21. The molecule has 5 rings (SSSR count). The molecule has 0 radical (unpaired) electrons. The van der Waals surface area contributed by atoms with E-state index in [0.717, 1.165) is 11.1 Å². The predicted molar refractivity (Wildman–Crippen MR) is 127 cm³/mol. The minimum atomic E-state index is -0.327. The monoisotopic (exact) mass is 442 g/mol. The van der Waals surface area contributed by atoms with Gasteiger partial charge in [-0.15, -0.1) is 0 Å². The fraction of sp³-hybridized carbons (Fsp3) is 0.0800. The van der Waals surface area contributed by atoms with E-state index < -0.39 is 0 Å². The summed E-state index contributed by atoms with van der Waals surface area (Å²) in [5.74, 6) is -0.327. The zero-order valence-corrected chi connectivity index (χ0v) is 18.0. The minimum Gasteiger partial charge on any atom is -0.321 e. The molecule has 2 aromatic carbocycles. The number of aryl methyl sites for hydroxylation is 1. The lowest BCUT2D eigenvalue weighted by Crippen LogP contribution is -2.18. The Kier molecular flexibility index (Phi) is 4.99. The summed E-state index contributed by atoms with van der Waals surface area (Å²) < 4.78 is 3.31. The number of nitrogens with zero attached hydrogens (tertiary/aromatic N) is 3. The van der Waals surface area contributed by atoms with Gasteiger partial charge in [0.15, 0.2) is 0 Å². The van der Waals surface area contributed by atoms with Gasteiger partial charge >= 0.3 is 0 Å². The summed E-state index contributed by atoms with van der Waals surface area (Å²) in [5, 5.41) is 3.87. The molecule has 3 aromatic heterocycles. The number of nitrogens with one attached hydrogen (secondary N) is 1. The Hall–Kier alpha value is -3.90. The van der Waals surface area contributed by atoms with E-state index in [1.165, 1.54) is 4.40 Å². The lowest BCUT2D eigenvalue weighted by Gasteiger charge is -2.12. The second-order valence-corrected chi connectivity index (χ2v) is 8.04. The highest BCUT2D eigenvalue weighted by atomic mass is 35.5. The number of hydrogen-bond acceptors (Lipinski definition) is 3. The molecule has 6 nitrogen and oxygen atoms in total. The van der Waals surface area contributed by atoms with E-state index in [4.69, 9.17) is 16.6 Å². The largest absolute Gasteiger partial charge is 0.321 e. The Morgan fingerprint density at radius 3 is 2.50 bits per heavy atom. The van der Waals surface area contributed by atoms with Crippen LogP contribution in [0.25, 0.3) is 16.7 Å². The average molecular weight is 443 g/mol. The maximum atomic E-state index is 13.2. The van der Waals surface area contributed by atoms with Crippen LogP contribution >= 0.6 is 11.6 Å². The molecule has 0 atom stereocenters. The highest BCUT2D eigenvalue weighted by molar-refractivity contribution is 6.30.